The van der Waals surface area contributed by atoms with Crippen LogP contribution in [0.15, 0.2) is 30.6 Å². The second-order valence-electron chi connectivity index (χ2n) is 10.6. The van der Waals surface area contributed by atoms with Crippen molar-refractivity contribution in [1.82, 2.24) is 19.8 Å². The van der Waals surface area contributed by atoms with Crippen molar-refractivity contribution in [3.05, 3.63) is 46.6 Å². The fraction of sp³-hybridized carbons (Fsp3) is 0.423. The molecule has 9 heteroatoms. The van der Waals surface area contributed by atoms with Gasteiger partial charge in [0.05, 0.1) is 33.4 Å². The van der Waals surface area contributed by atoms with Gasteiger partial charge in [-0.2, -0.15) is 0 Å². The molecule has 0 bridgehead atoms. The molecule has 0 spiro atoms. The quantitative estimate of drug-likeness (QED) is 0.388. The number of likely N-dealkylation sites (tertiary alicyclic amines) is 2. The molecule has 2 atom stereocenters. The Morgan fingerprint density at radius 1 is 1.17 bits per heavy atom. The molecule has 0 aromatic carbocycles. The van der Waals surface area contributed by atoms with Crippen molar-refractivity contribution in [3.8, 4) is 11.3 Å². The molecule has 3 amide bonds. The Labute approximate surface area is 211 Å². The Balaban J connectivity index is 1.53. The molecule has 2 aliphatic rings. The summed E-state index contributed by atoms with van der Waals surface area (Å²) in [6, 6.07) is 5.67. The van der Waals surface area contributed by atoms with Gasteiger partial charge in [-0.05, 0) is 30.7 Å². The van der Waals surface area contributed by atoms with Crippen LogP contribution in [0, 0.1) is 18.3 Å². The van der Waals surface area contributed by atoms with E-state index < -0.39 is 5.41 Å². The number of fused-ring (bicyclic) bond motifs is 1. The monoisotopic (exact) mass is 508 g/mol. The molecule has 2 saturated heterocycles. The fourth-order valence-electron chi connectivity index (χ4n) is 4.89. The lowest BCUT2D eigenvalue weighted by Gasteiger charge is -2.45. The highest BCUT2D eigenvalue weighted by molar-refractivity contribution is 7.19. The van der Waals surface area contributed by atoms with E-state index in [1.54, 1.807) is 12.4 Å². The van der Waals surface area contributed by atoms with E-state index in [1.807, 2.05) is 50.8 Å². The molecule has 7 nitrogen and oxygen atoms in total. The van der Waals surface area contributed by atoms with Crippen LogP contribution in [-0.2, 0) is 16.1 Å². The summed E-state index contributed by atoms with van der Waals surface area (Å²) in [6.07, 6.45) is 3.44. The number of hydrogen-bond acceptors (Lipinski definition) is 6. The second-order valence-corrected chi connectivity index (χ2v) is 13.2. The summed E-state index contributed by atoms with van der Waals surface area (Å²) in [7, 11) is 2.82. The molecule has 3 aromatic heterocycles. The van der Waals surface area contributed by atoms with Crippen LogP contribution in [0.1, 0.15) is 48.5 Å². The number of carbonyl (C=O) groups excluding carboxylic acids is 3. The van der Waals surface area contributed by atoms with E-state index in [-0.39, 0.29) is 35.3 Å². The first-order valence-corrected chi connectivity index (χ1v) is 13.1. The zero-order valence-electron chi connectivity index (χ0n) is 20.6. The molecule has 5 heterocycles. The third-order valence-corrected chi connectivity index (χ3v) is 8.82. The molecular weight excluding hydrogens is 479 g/mol. The van der Waals surface area contributed by atoms with Crippen molar-refractivity contribution < 1.29 is 14.4 Å². The van der Waals surface area contributed by atoms with Gasteiger partial charge < -0.3 is 4.90 Å². The number of carbonyl (C=O) groups is 3. The molecule has 182 valence electrons. The van der Waals surface area contributed by atoms with Crippen LogP contribution in [0.25, 0.3) is 21.5 Å². The topological polar surface area (TPSA) is 83.5 Å². The number of rotatable bonds is 4. The van der Waals surface area contributed by atoms with E-state index in [9.17, 15) is 14.4 Å². The van der Waals surface area contributed by atoms with Gasteiger partial charge in [0, 0.05) is 47.0 Å². The van der Waals surface area contributed by atoms with E-state index in [0.29, 0.717) is 24.3 Å². The summed E-state index contributed by atoms with van der Waals surface area (Å²) in [6.45, 7) is 11.1. The van der Waals surface area contributed by atoms with Crippen molar-refractivity contribution in [2.45, 2.75) is 46.3 Å². The maximum absolute atomic E-state index is 13.4. The minimum Gasteiger partial charge on any atom is -0.337 e. The number of hydrogen-bond donors (Lipinski definition) is 0. The van der Waals surface area contributed by atoms with Crippen LogP contribution in [-0.4, -0.2) is 55.7 Å². The number of imide groups is 1. The first-order valence-electron chi connectivity index (χ1n) is 11.7. The molecule has 2 fully saturated rings. The van der Waals surface area contributed by atoms with Gasteiger partial charge >= 0.3 is 0 Å². The zero-order chi connectivity index (χ0) is 25.3. The number of pyridine rings is 2. The highest BCUT2D eigenvalue weighted by Crippen LogP contribution is 2.41. The minimum absolute atomic E-state index is 0.0169. The van der Waals surface area contributed by atoms with Crippen molar-refractivity contribution in [1.29, 1.82) is 0 Å². The first kappa shape index (κ1) is 24.0. The first-order chi connectivity index (χ1) is 16.4. The van der Waals surface area contributed by atoms with Gasteiger partial charge in [0.15, 0.2) is 0 Å². The molecule has 0 saturated carbocycles. The van der Waals surface area contributed by atoms with Crippen molar-refractivity contribution in [2.75, 3.05) is 13.1 Å². The molecule has 5 rings (SSSR count). The molecule has 35 heavy (non-hydrogen) atoms. The summed E-state index contributed by atoms with van der Waals surface area (Å²) in [5.41, 5.74) is 3.01. The summed E-state index contributed by atoms with van der Waals surface area (Å²) in [5.74, 6) is -0.663. The molecular formula is C26H29N4O3PS. The summed E-state index contributed by atoms with van der Waals surface area (Å²) >= 11 is 1.49. The minimum atomic E-state index is -0.706. The third-order valence-electron chi connectivity index (χ3n) is 7.31. The van der Waals surface area contributed by atoms with E-state index in [2.05, 4.69) is 26.1 Å². The molecule has 2 aliphatic heterocycles. The lowest BCUT2D eigenvalue weighted by atomic mass is 9.82. The van der Waals surface area contributed by atoms with Gasteiger partial charge in [-0.15, -0.1) is 20.6 Å². The van der Waals surface area contributed by atoms with Gasteiger partial charge in [0.25, 0.3) is 5.91 Å². The average Bonchev–Trinajstić information content (AvgIpc) is 3.26. The Kier molecular flexibility index (Phi) is 5.61. The SMILES string of the molecule is Cc1ccnc(-c2ccnc3cc(CN4C(=O)C(C)C(C)(C)C4=O)sc23)c1C(=O)N1CC(C)(P)C1. The predicted molar refractivity (Wildman–Crippen MR) is 140 cm³/mol. The maximum atomic E-state index is 13.4. The summed E-state index contributed by atoms with van der Waals surface area (Å²) < 4.78 is 0.889. The van der Waals surface area contributed by atoms with Crippen molar-refractivity contribution >= 4 is 48.5 Å². The van der Waals surface area contributed by atoms with E-state index in [0.717, 1.165) is 26.2 Å². The lowest BCUT2D eigenvalue weighted by molar-refractivity contribution is -0.141. The van der Waals surface area contributed by atoms with Crippen LogP contribution in [0.4, 0.5) is 0 Å². The average molecular weight is 509 g/mol. The van der Waals surface area contributed by atoms with Crippen LogP contribution in [0.2, 0.25) is 0 Å². The Hall–Kier alpha value is -2.70. The molecule has 0 radical (unpaired) electrons. The number of aryl methyl sites for hydroxylation is 1. The van der Waals surface area contributed by atoms with Crippen molar-refractivity contribution in [2.24, 2.45) is 11.3 Å². The van der Waals surface area contributed by atoms with Crippen molar-refractivity contribution in [3.63, 3.8) is 0 Å². The number of thiophene rings is 1. The molecule has 0 N–H and O–H groups in total. The van der Waals surface area contributed by atoms with Gasteiger partial charge in [-0.1, -0.05) is 27.7 Å². The van der Waals surface area contributed by atoms with Gasteiger partial charge in [-0.25, -0.2) is 0 Å². The zero-order valence-corrected chi connectivity index (χ0v) is 22.6. The highest BCUT2D eigenvalue weighted by Gasteiger charge is 2.51. The normalized spacial score (nSPS) is 21.0. The third kappa shape index (κ3) is 3.87. The lowest BCUT2D eigenvalue weighted by Crippen LogP contribution is -2.58. The number of nitrogens with zero attached hydrogens (tertiary/aromatic N) is 4. The van der Waals surface area contributed by atoms with Crippen LogP contribution in [0.5, 0.6) is 0 Å². The number of amides is 3. The van der Waals surface area contributed by atoms with Gasteiger partial charge in [0.2, 0.25) is 11.8 Å². The second kappa shape index (κ2) is 8.17. The Morgan fingerprint density at radius 2 is 1.86 bits per heavy atom. The molecule has 3 aromatic rings. The van der Waals surface area contributed by atoms with Crippen LogP contribution < -0.4 is 0 Å². The molecule has 0 aliphatic carbocycles. The van der Waals surface area contributed by atoms with E-state index >= 15 is 0 Å². The standard InChI is InChI=1S/C26H29N4O3PS/c1-14-6-8-28-20(19(14)23(32)29-12-26(5,34)13-29)17-7-9-27-18-10-16(35-21(17)18)11-30-22(31)15(2)25(3,4)24(30)33/h6-10,15H,11-13,34H2,1-5H3. The fourth-order valence-corrected chi connectivity index (χ4v) is 6.45. The Morgan fingerprint density at radius 3 is 2.49 bits per heavy atom. The van der Waals surface area contributed by atoms with E-state index in [1.165, 1.54) is 16.2 Å². The Bertz CT molecular complexity index is 1390. The van der Waals surface area contributed by atoms with Gasteiger partial charge in [0.1, 0.15) is 0 Å². The predicted octanol–water partition coefficient (Wildman–Crippen LogP) is 4.29. The number of aromatic nitrogens is 2. The van der Waals surface area contributed by atoms with E-state index in [4.69, 9.17) is 0 Å². The smallest absolute Gasteiger partial charge is 0.256 e. The highest BCUT2D eigenvalue weighted by atomic mass is 32.1. The maximum Gasteiger partial charge on any atom is 0.256 e. The largest absolute Gasteiger partial charge is 0.337 e. The van der Waals surface area contributed by atoms with Crippen LogP contribution >= 0.6 is 20.6 Å². The molecule has 2 unspecified atom stereocenters. The summed E-state index contributed by atoms with van der Waals surface area (Å²) in [5, 5.41) is 0.0506. The van der Waals surface area contributed by atoms with Crippen LogP contribution in [0.3, 0.4) is 0 Å². The van der Waals surface area contributed by atoms with Gasteiger partial charge in [-0.3, -0.25) is 29.3 Å². The summed E-state index contributed by atoms with van der Waals surface area (Å²) in [4.78, 5) is 52.4.